The Labute approximate surface area is 213 Å². The van der Waals surface area contributed by atoms with Gasteiger partial charge in [-0.15, -0.1) is 0 Å². The fourth-order valence-corrected chi connectivity index (χ4v) is 9.19. The number of para-hydroxylation sites is 1. The molecule has 8 atom stereocenters. The van der Waals surface area contributed by atoms with Crippen LogP contribution in [0, 0.1) is 46.7 Å². The van der Waals surface area contributed by atoms with Crippen molar-refractivity contribution in [1.29, 1.82) is 0 Å². The van der Waals surface area contributed by atoms with Crippen molar-refractivity contribution >= 4 is 16.7 Å². The average Bonchev–Trinajstić information content (AvgIpc) is 2.86. The number of nitrogens with zero attached hydrogens (tertiary/aromatic N) is 2. The quantitative estimate of drug-likeness (QED) is 0.554. The van der Waals surface area contributed by atoms with Crippen LogP contribution in [-0.4, -0.2) is 33.1 Å². The molecule has 1 aromatic carbocycles. The molecule has 0 saturated heterocycles. The zero-order valence-electron chi connectivity index (χ0n) is 21.6. The molecule has 6 heteroatoms. The van der Waals surface area contributed by atoms with Crippen molar-refractivity contribution < 1.29 is 19.0 Å². The molecule has 0 spiro atoms. The van der Waals surface area contributed by atoms with Gasteiger partial charge in [-0.1, -0.05) is 19.4 Å². The van der Waals surface area contributed by atoms with Crippen LogP contribution in [0.4, 0.5) is 4.39 Å². The van der Waals surface area contributed by atoms with E-state index in [-0.39, 0.29) is 35.1 Å². The van der Waals surface area contributed by atoms with E-state index in [1.54, 1.807) is 12.1 Å². The van der Waals surface area contributed by atoms with E-state index in [9.17, 15) is 14.3 Å². The van der Waals surface area contributed by atoms with Crippen LogP contribution in [0.3, 0.4) is 0 Å². The van der Waals surface area contributed by atoms with E-state index in [4.69, 9.17) is 4.74 Å². The topological polar surface area (TPSA) is 72.3 Å². The number of halogens is 1. The first-order valence-electron chi connectivity index (χ1n) is 14.0. The second kappa shape index (κ2) is 9.04. The first-order valence-corrected chi connectivity index (χ1v) is 14.0. The summed E-state index contributed by atoms with van der Waals surface area (Å²) < 4.78 is 20.1. The number of aliphatic hydroxyl groups is 1. The van der Waals surface area contributed by atoms with Gasteiger partial charge in [0.15, 0.2) is 5.78 Å². The zero-order valence-corrected chi connectivity index (χ0v) is 21.6. The van der Waals surface area contributed by atoms with Gasteiger partial charge in [-0.2, -0.15) is 0 Å². The molecule has 0 amide bonds. The molecule has 0 unspecified atom stereocenters. The van der Waals surface area contributed by atoms with Crippen LogP contribution in [0.15, 0.2) is 24.5 Å². The Kier molecular flexibility index (Phi) is 6.09. The molecule has 4 saturated carbocycles. The third kappa shape index (κ3) is 4.04. The van der Waals surface area contributed by atoms with Crippen molar-refractivity contribution in [2.45, 2.75) is 83.7 Å². The minimum Gasteiger partial charge on any atom is -0.469 e. The maximum Gasteiger partial charge on any atom is 0.224 e. The predicted molar refractivity (Wildman–Crippen MR) is 136 cm³/mol. The first kappa shape index (κ1) is 24.3. The molecule has 36 heavy (non-hydrogen) atoms. The number of ketones is 1. The maximum absolute atomic E-state index is 14.1. The molecule has 0 radical (unpaired) electrons. The van der Waals surface area contributed by atoms with Crippen LogP contribution in [0.1, 0.15) is 78.1 Å². The molecular weight excluding hydrogens is 455 g/mol. The van der Waals surface area contributed by atoms with Gasteiger partial charge in [-0.05, 0) is 112 Å². The molecule has 0 aliphatic heterocycles. The molecule has 5 nitrogen and oxygen atoms in total. The molecule has 6 rings (SSSR count). The van der Waals surface area contributed by atoms with E-state index in [0.29, 0.717) is 23.1 Å². The number of carbonyl (C=O) groups is 1. The van der Waals surface area contributed by atoms with Crippen molar-refractivity contribution in [1.82, 2.24) is 9.97 Å². The molecule has 1 N–H and O–H groups in total. The summed E-state index contributed by atoms with van der Waals surface area (Å²) in [5.74, 6) is 3.50. The van der Waals surface area contributed by atoms with E-state index in [2.05, 4.69) is 16.9 Å². The van der Waals surface area contributed by atoms with E-state index in [1.807, 2.05) is 6.92 Å². The highest BCUT2D eigenvalue weighted by molar-refractivity contribution is 5.86. The zero-order chi connectivity index (χ0) is 25.1. The van der Waals surface area contributed by atoms with Gasteiger partial charge in [0.1, 0.15) is 24.3 Å². The summed E-state index contributed by atoms with van der Waals surface area (Å²) >= 11 is 0. The van der Waals surface area contributed by atoms with Gasteiger partial charge in [-0.3, -0.25) is 4.79 Å². The maximum atomic E-state index is 14.1. The number of Topliss-reactive ketones (excluding diaryl/α,β-unsaturated/α-hetero) is 1. The summed E-state index contributed by atoms with van der Waals surface area (Å²) in [6, 6.07) is 4.72. The SMILES string of the molecule is C[C@@]1(O)CC[C@H]2[C@H](CC[C@@H]3[C@@H]2CC[C@]2(C)[C@@H](C(=O)COc4ncnc5c(F)cccc45)CCC[C@@H]32)C1. The number of fused-ring (bicyclic) bond motifs is 6. The number of rotatable bonds is 4. The van der Waals surface area contributed by atoms with Crippen LogP contribution in [-0.2, 0) is 4.79 Å². The highest BCUT2D eigenvalue weighted by Crippen LogP contribution is 2.63. The van der Waals surface area contributed by atoms with E-state index < -0.39 is 11.4 Å². The Morgan fingerprint density at radius 1 is 1.06 bits per heavy atom. The lowest BCUT2D eigenvalue weighted by atomic mass is 9.44. The molecule has 2 aromatic rings. The van der Waals surface area contributed by atoms with Crippen molar-refractivity contribution in [2.75, 3.05) is 6.61 Å². The van der Waals surface area contributed by atoms with Crippen LogP contribution < -0.4 is 4.74 Å². The second-order valence-corrected chi connectivity index (χ2v) is 12.8. The number of hydrogen-bond donors (Lipinski definition) is 1. The smallest absolute Gasteiger partial charge is 0.224 e. The number of ether oxygens (including phenoxy) is 1. The third-order valence-corrected chi connectivity index (χ3v) is 10.8. The summed E-state index contributed by atoms with van der Waals surface area (Å²) in [5, 5.41) is 11.2. The molecule has 194 valence electrons. The first-order chi connectivity index (χ1) is 17.3. The number of hydrogen-bond acceptors (Lipinski definition) is 5. The van der Waals surface area contributed by atoms with E-state index in [0.717, 1.165) is 50.4 Å². The molecule has 4 aliphatic rings. The van der Waals surface area contributed by atoms with Gasteiger partial charge in [0.2, 0.25) is 5.88 Å². The Bertz CT molecular complexity index is 1150. The van der Waals surface area contributed by atoms with Gasteiger partial charge < -0.3 is 9.84 Å². The molecule has 1 heterocycles. The second-order valence-electron chi connectivity index (χ2n) is 12.8. The Balaban J connectivity index is 1.17. The Hall–Kier alpha value is -2.08. The summed E-state index contributed by atoms with van der Waals surface area (Å²) in [6.45, 7) is 4.37. The number of aromatic nitrogens is 2. The normalized spacial score (nSPS) is 40.1. The Morgan fingerprint density at radius 2 is 1.89 bits per heavy atom. The lowest BCUT2D eigenvalue weighted by Gasteiger charge is -2.60. The monoisotopic (exact) mass is 494 g/mol. The Morgan fingerprint density at radius 3 is 2.75 bits per heavy atom. The summed E-state index contributed by atoms with van der Waals surface area (Å²) in [4.78, 5) is 21.9. The van der Waals surface area contributed by atoms with Crippen molar-refractivity contribution in [3.63, 3.8) is 0 Å². The average molecular weight is 495 g/mol. The standard InChI is InChI=1S/C30H39FN2O3/c1-29(35)13-11-19-18(15-29)9-10-21-20(19)12-14-30(2)23(21)6-4-7-24(30)26(34)16-36-28-22-5-3-8-25(31)27(22)32-17-33-28/h3,5,8,17-21,23-24,35H,4,6-7,9-16H2,1-2H3/t18-,19+,20-,21-,23+,24-,29-,30+/m1/s1. The van der Waals surface area contributed by atoms with Crippen LogP contribution >= 0.6 is 0 Å². The number of carbonyl (C=O) groups excluding carboxylic acids is 1. The fourth-order valence-electron chi connectivity index (χ4n) is 9.19. The summed E-state index contributed by atoms with van der Waals surface area (Å²) in [5.41, 5.74) is -0.245. The molecule has 4 fully saturated rings. The summed E-state index contributed by atoms with van der Waals surface area (Å²) in [6.07, 6.45) is 12.4. The van der Waals surface area contributed by atoms with Gasteiger partial charge in [0.25, 0.3) is 0 Å². The van der Waals surface area contributed by atoms with E-state index >= 15 is 0 Å². The predicted octanol–water partition coefficient (Wildman–Crippen LogP) is 6.13. The largest absolute Gasteiger partial charge is 0.469 e. The fraction of sp³-hybridized carbons (Fsp3) is 0.700. The van der Waals surface area contributed by atoms with Gasteiger partial charge in [0, 0.05) is 5.92 Å². The molecule has 4 aliphatic carbocycles. The lowest BCUT2D eigenvalue weighted by molar-refractivity contribution is -0.149. The van der Waals surface area contributed by atoms with Gasteiger partial charge >= 0.3 is 0 Å². The van der Waals surface area contributed by atoms with E-state index in [1.165, 1.54) is 38.1 Å². The molecular formula is C30H39FN2O3. The van der Waals surface area contributed by atoms with Crippen LogP contribution in [0.5, 0.6) is 5.88 Å². The van der Waals surface area contributed by atoms with Crippen molar-refractivity contribution in [3.05, 3.63) is 30.3 Å². The molecule has 0 bridgehead atoms. The minimum absolute atomic E-state index is 0.00634. The van der Waals surface area contributed by atoms with Crippen molar-refractivity contribution in [3.8, 4) is 5.88 Å². The minimum atomic E-state index is -0.486. The third-order valence-electron chi connectivity index (χ3n) is 10.8. The van der Waals surface area contributed by atoms with Gasteiger partial charge in [0.05, 0.1) is 11.0 Å². The van der Waals surface area contributed by atoms with Crippen LogP contribution in [0.25, 0.3) is 10.9 Å². The highest BCUT2D eigenvalue weighted by atomic mass is 19.1. The molecule has 1 aromatic heterocycles. The number of benzene rings is 1. The lowest BCUT2D eigenvalue weighted by Crippen LogP contribution is -2.55. The summed E-state index contributed by atoms with van der Waals surface area (Å²) in [7, 11) is 0. The van der Waals surface area contributed by atoms with Crippen LogP contribution in [0.2, 0.25) is 0 Å². The highest BCUT2D eigenvalue weighted by Gasteiger charge is 2.57. The van der Waals surface area contributed by atoms with Gasteiger partial charge in [-0.25, -0.2) is 14.4 Å². The van der Waals surface area contributed by atoms with Crippen molar-refractivity contribution in [2.24, 2.45) is 40.9 Å².